The molecule has 10 heteroatoms. The monoisotopic (exact) mass is 487 g/mol. The van der Waals surface area contributed by atoms with Gasteiger partial charge in [0.15, 0.2) is 15.0 Å². The van der Waals surface area contributed by atoms with E-state index >= 15 is 0 Å². The number of fused-ring (bicyclic) bond motifs is 1. The van der Waals surface area contributed by atoms with Crippen molar-refractivity contribution in [1.29, 1.82) is 0 Å². The third-order valence-corrected chi connectivity index (χ3v) is 7.60. The molecule has 2 heterocycles. The molecule has 7 nitrogen and oxygen atoms in total. The van der Waals surface area contributed by atoms with E-state index in [2.05, 4.69) is 26.2 Å². The minimum atomic E-state index is -3.05. The van der Waals surface area contributed by atoms with Gasteiger partial charge in [-0.3, -0.25) is 14.2 Å². The average Bonchev–Trinajstić information content (AvgIpc) is 2.94. The molecule has 1 N–H and O–H groups in total. The fourth-order valence-electron chi connectivity index (χ4n) is 3.12. The highest BCUT2D eigenvalue weighted by Gasteiger charge is 2.29. The minimum Gasteiger partial charge on any atom is -0.352 e. The molecule has 1 aliphatic heterocycles. The topological polar surface area (TPSA) is 98.1 Å². The van der Waals surface area contributed by atoms with Crippen molar-refractivity contribution >= 4 is 54.3 Å². The van der Waals surface area contributed by atoms with Gasteiger partial charge in [-0.15, -0.1) is 0 Å². The normalized spacial score (nSPS) is 18.6. The summed E-state index contributed by atoms with van der Waals surface area (Å²) in [5.74, 6) is 0.156. The van der Waals surface area contributed by atoms with Crippen LogP contribution in [0.25, 0.3) is 10.9 Å². The van der Waals surface area contributed by atoms with Crippen LogP contribution in [-0.2, 0) is 21.2 Å². The molecule has 1 amide bonds. The Balaban J connectivity index is 1.80. The number of carbonyl (C=O) groups is 1. The summed E-state index contributed by atoms with van der Waals surface area (Å²) < 4.78 is 25.5. The van der Waals surface area contributed by atoms with Gasteiger partial charge >= 0.3 is 0 Å². The maximum atomic E-state index is 13.0. The first-order valence-corrected chi connectivity index (χ1v) is 12.6. The Bertz CT molecular complexity index is 1070. The molecule has 1 aliphatic rings. The summed E-state index contributed by atoms with van der Waals surface area (Å²) in [6.07, 6.45) is 0.444. The Kier molecular flexibility index (Phi) is 6.51. The molecular weight excluding hydrogens is 466 g/mol. The van der Waals surface area contributed by atoms with Gasteiger partial charge in [-0.2, -0.15) is 0 Å². The second-order valence-electron chi connectivity index (χ2n) is 7.32. The van der Waals surface area contributed by atoms with Crippen LogP contribution >= 0.6 is 27.7 Å². The molecule has 0 bridgehead atoms. The number of thioether (sulfide) groups is 1. The van der Waals surface area contributed by atoms with Crippen LogP contribution in [-0.4, -0.2) is 47.2 Å². The van der Waals surface area contributed by atoms with E-state index in [1.54, 1.807) is 16.7 Å². The summed E-state index contributed by atoms with van der Waals surface area (Å²) >= 11 is 4.58. The second kappa shape index (κ2) is 8.54. The number of halogens is 1. The number of amides is 1. The van der Waals surface area contributed by atoms with Crippen LogP contribution in [0.3, 0.4) is 0 Å². The third-order valence-electron chi connectivity index (χ3n) is 4.36. The summed E-state index contributed by atoms with van der Waals surface area (Å²) in [7, 11) is -3.05. The fraction of sp³-hybridized carbons (Fsp3) is 0.500. The molecule has 0 spiro atoms. The fourth-order valence-corrected chi connectivity index (χ4v) is 5.97. The molecule has 2 aromatic rings. The van der Waals surface area contributed by atoms with Crippen molar-refractivity contribution < 1.29 is 13.2 Å². The Morgan fingerprint density at radius 3 is 2.82 bits per heavy atom. The lowest BCUT2D eigenvalue weighted by Gasteiger charge is -2.15. The zero-order valence-electron chi connectivity index (χ0n) is 15.6. The van der Waals surface area contributed by atoms with Crippen molar-refractivity contribution in [1.82, 2.24) is 14.9 Å². The van der Waals surface area contributed by atoms with Gasteiger partial charge in [-0.25, -0.2) is 13.4 Å². The number of nitrogens with zero attached hydrogens (tertiary/aromatic N) is 2. The summed E-state index contributed by atoms with van der Waals surface area (Å²) in [4.78, 5) is 29.8. The standard InChI is InChI=1S/C18H22BrN3O4S2/c1-11(2)8-22-17(24)14-7-12(19)3-4-15(14)21-18(22)27-9-16(23)20-13-5-6-28(25,26)10-13/h3-4,7,11,13H,5-6,8-10H2,1-2H3,(H,20,23). The van der Waals surface area contributed by atoms with Gasteiger partial charge in [0.2, 0.25) is 5.91 Å². The molecule has 1 fully saturated rings. The number of nitrogens with one attached hydrogen (secondary N) is 1. The first kappa shape index (κ1) is 21.3. The SMILES string of the molecule is CC(C)Cn1c(SCC(=O)NC2CCS(=O)(=O)C2)nc2ccc(Br)cc2c1=O. The number of sulfone groups is 1. The quantitative estimate of drug-likeness (QED) is 0.495. The van der Waals surface area contributed by atoms with Crippen molar-refractivity contribution in [2.24, 2.45) is 5.92 Å². The van der Waals surface area contributed by atoms with E-state index in [4.69, 9.17) is 0 Å². The van der Waals surface area contributed by atoms with E-state index in [0.29, 0.717) is 29.0 Å². The summed E-state index contributed by atoms with van der Waals surface area (Å²) in [5, 5.41) is 3.78. The van der Waals surface area contributed by atoms with Crippen molar-refractivity contribution in [2.45, 2.75) is 38.0 Å². The molecule has 0 aliphatic carbocycles. The third kappa shape index (κ3) is 5.15. The van der Waals surface area contributed by atoms with E-state index < -0.39 is 9.84 Å². The first-order chi connectivity index (χ1) is 13.1. The highest BCUT2D eigenvalue weighted by molar-refractivity contribution is 9.10. The van der Waals surface area contributed by atoms with Gasteiger partial charge in [-0.05, 0) is 30.5 Å². The Hall–Kier alpha value is -1.39. The van der Waals surface area contributed by atoms with Crippen molar-refractivity contribution in [3.63, 3.8) is 0 Å². The predicted molar refractivity (Wildman–Crippen MR) is 114 cm³/mol. The largest absolute Gasteiger partial charge is 0.352 e. The molecule has 0 saturated carbocycles. The second-order valence-corrected chi connectivity index (χ2v) is 11.4. The molecule has 3 rings (SSSR count). The summed E-state index contributed by atoms with van der Waals surface area (Å²) in [6, 6.07) is 5.01. The van der Waals surface area contributed by atoms with Crippen LogP contribution in [0.5, 0.6) is 0 Å². The van der Waals surface area contributed by atoms with Crippen LogP contribution in [0.4, 0.5) is 0 Å². The average molecular weight is 488 g/mol. The molecule has 1 unspecified atom stereocenters. The highest BCUT2D eigenvalue weighted by Crippen LogP contribution is 2.21. The van der Waals surface area contributed by atoms with E-state index in [0.717, 1.165) is 4.47 Å². The number of carbonyl (C=O) groups excluding carboxylic acids is 1. The van der Waals surface area contributed by atoms with Crippen LogP contribution in [0, 0.1) is 5.92 Å². The molecule has 1 saturated heterocycles. The predicted octanol–water partition coefficient (Wildman–Crippen LogP) is 2.21. The lowest BCUT2D eigenvalue weighted by Crippen LogP contribution is -2.37. The van der Waals surface area contributed by atoms with Crippen molar-refractivity contribution in [3.8, 4) is 0 Å². The molecule has 28 heavy (non-hydrogen) atoms. The van der Waals surface area contributed by atoms with Gasteiger partial charge in [0.1, 0.15) is 0 Å². The Morgan fingerprint density at radius 2 is 2.18 bits per heavy atom. The van der Waals surface area contributed by atoms with Crippen LogP contribution in [0.2, 0.25) is 0 Å². The van der Waals surface area contributed by atoms with Gasteiger partial charge in [0.25, 0.3) is 5.56 Å². The van der Waals surface area contributed by atoms with E-state index in [-0.39, 0.29) is 40.7 Å². The minimum absolute atomic E-state index is 0.00936. The lowest BCUT2D eigenvalue weighted by atomic mass is 10.2. The highest BCUT2D eigenvalue weighted by atomic mass is 79.9. The molecule has 1 atom stereocenters. The van der Waals surface area contributed by atoms with E-state index in [1.807, 2.05) is 19.9 Å². The maximum Gasteiger partial charge on any atom is 0.262 e. The Morgan fingerprint density at radius 1 is 1.43 bits per heavy atom. The van der Waals surface area contributed by atoms with Crippen molar-refractivity contribution in [2.75, 3.05) is 17.3 Å². The van der Waals surface area contributed by atoms with Gasteiger partial charge < -0.3 is 5.32 Å². The van der Waals surface area contributed by atoms with Gasteiger partial charge in [-0.1, -0.05) is 41.5 Å². The van der Waals surface area contributed by atoms with Gasteiger partial charge in [0.05, 0.1) is 28.2 Å². The summed E-state index contributed by atoms with van der Waals surface area (Å²) in [6.45, 7) is 4.53. The van der Waals surface area contributed by atoms with Crippen LogP contribution in [0.15, 0.2) is 32.6 Å². The first-order valence-electron chi connectivity index (χ1n) is 8.97. The van der Waals surface area contributed by atoms with E-state index in [1.165, 1.54) is 11.8 Å². The van der Waals surface area contributed by atoms with Crippen LogP contribution in [0.1, 0.15) is 20.3 Å². The molecule has 1 aromatic heterocycles. The molecular formula is C18H22BrN3O4S2. The zero-order valence-corrected chi connectivity index (χ0v) is 18.9. The number of hydrogen-bond donors (Lipinski definition) is 1. The molecule has 1 aromatic carbocycles. The lowest BCUT2D eigenvalue weighted by molar-refractivity contribution is -0.119. The number of benzene rings is 1. The van der Waals surface area contributed by atoms with Crippen molar-refractivity contribution in [3.05, 3.63) is 33.0 Å². The Labute approximate surface area is 176 Å². The van der Waals surface area contributed by atoms with Gasteiger partial charge in [0, 0.05) is 17.1 Å². The molecule has 152 valence electrons. The maximum absolute atomic E-state index is 13.0. The number of aromatic nitrogens is 2. The summed E-state index contributed by atoms with van der Waals surface area (Å²) in [5.41, 5.74) is 0.447. The number of hydrogen-bond acceptors (Lipinski definition) is 6. The van der Waals surface area contributed by atoms with E-state index in [9.17, 15) is 18.0 Å². The molecule has 0 radical (unpaired) electrons. The zero-order chi connectivity index (χ0) is 20.5. The number of rotatable bonds is 6. The smallest absolute Gasteiger partial charge is 0.262 e. The van der Waals surface area contributed by atoms with Crippen LogP contribution < -0.4 is 10.9 Å².